The van der Waals surface area contributed by atoms with Gasteiger partial charge in [-0.15, -0.1) is 0 Å². The van der Waals surface area contributed by atoms with Gasteiger partial charge in [-0.05, 0) is 51.4 Å². The number of hydrogen-bond acceptors (Lipinski definition) is 7. The summed E-state index contributed by atoms with van der Waals surface area (Å²) in [7, 11) is 1.41. The van der Waals surface area contributed by atoms with E-state index in [1.807, 2.05) is 33.3 Å². The van der Waals surface area contributed by atoms with Crippen LogP contribution in [-0.2, 0) is 32.7 Å². The lowest BCUT2D eigenvalue weighted by molar-refractivity contribution is -0.870. The summed E-state index contributed by atoms with van der Waals surface area (Å²) in [5.74, 6) is -1.07. The molecule has 1 N–H and O–H groups in total. The number of carbonyl (C=O) groups excluding carboxylic acids is 2. The van der Waals surface area contributed by atoms with E-state index in [-0.39, 0.29) is 19.6 Å². The van der Waals surface area contributed by atoms with Crippen LogP contribution in [0.1, 0.15) is 168 Å². The van der Waals surface area contributed by atoms with E-state index in [9.17, 15) is 19.0 Å². The minimum atomic E-state index is -4.40. The zero-order chi connectivity index (χ0) is 40.0. The molecule has 1 unspecified atom stereocenters. The van der Waals surface area contributed by atoms with Gasteiger partial charge in [0.15, 0.2) is 6.10 Å². The van der Waals surface area contributed by atoms with Crippen LogP contribution in [0.5, 0.6) is 0 Å². The van der Waals surface area contributed by atoms with Gasteiger partial charge in [0.2, 0.25) is 0 Å². The highest BCUT2D eigenvalue weighted by Crippen LogP contribution is 2.43. The van der Waals surface area contributed by atoms with Crippen LogP contribution < -0.4 is 0 Å². The van der Waals surface area contributed by atoms with E-state index in [1.165, 1.54) is 96.0 Å². The monoisotopic (exact) mass is 783 g/mol. The van der Waals surface area contributed by atoms with E-state index in [2.05, 4.69) is 38.2 Å². The third-order valence-corrected chi connectivity index (χ3v) is 9.92. The van der Waals surface area contributed by atoms with Crippen LogP contribution in [0.3, 0.4) is 0 Å². The predicted molar refractivity (Wildman–Crippen MR) is 224 cm³/mol. The van der Waals surface area contributed by atoms with Crippen molar-refractivity contribution in [2.45, 2.75) is 174 Å². The Morgan fingerprint density at radius 2 is 1.13 bits per heavy atom. The maximum Gasteiger partial charge on any atom is 0.472 e. The highest BCUT2D eigenvalue weighted by molar-refractivity contribution is 7.47. The first-order valence-electron chi connectivity index (χ1n) is 21.4. The fraction of sp³-hybridized carbons (Fsp3) is 0.773. The molecule has 0 heterocycles. The molecule has 9 nitrogen and oxygen atoms in total. The highest BCUT2D eigenvalue weighted by atomic mass is 31.2. The fourth-order valence-corrected chi connectivity index (χ4v) is 6.28. The average molecular weight is 783 g/mol. The maximum atomic E-state index is 12.6. The molecule has 0 spiro atoms. The molecule has 0 aliphatic heterocycles. The number of phosphoric acid groups is 1. The SMILES string of the molecule is CCCCC/C=C/C/C=C/CCCCCCCC(=O)OC[C@H](COP(=O)(O)OCC[N+](C)(C)C)OC(=O)/C=C/C=C/CCCCCCCCCCCCC. The van der Waals surface area contributed by atoms with Crippen molar-refractivity contribution in [3.05, 3.63) is 48.6 Å². The Morgan fingerprint density at radius 3 is 1.70 bits per heavy atom. The Morgan fingerprint density at radius 1 is 0.630 bits per heavy atom. The van der Waals surface area contributed by atoms with Gasteiger partial charge in [-0.3, -0.25) is 13.8 Å². The summed E-state index contributed by atoms with van der Waals surface area (Å²) >= 11 is 0. The smallest absolute Gasteiger partial charge is 0.462 e. The summed E-state index contributed by atoms with van der Waals surface area (Å²) in [4.78, 5) is 35.2. The maximum absolute atomic E-state index is 12.6. The number of ether oxygens (including phenoxy) is 2. The molecular weight excluding hydrogens is 701 g/mol. The topological polar surface area (TPSA) is 108 Å². The summed E-state index contributed by atoms with van der Waals surface area (Å²) in [6.07, 6.45) is 42.2. The van der Waals surface area contributed by atoms with E-state index >= 15 is 0 Å². The minimum Gasteiger partial charge on any atom is -0.462 e. The van der Waals surface area contributed by atoms with Crippen LogP contribution in [0.15, 0.2) is 48.6 Å². The Labute approximate surface area is 331 Å². The third-order valence-electron chi connectivity index (χ3n) is 8.94. The number of hydrogen-bond donors (Lipinski definition) is 1. The predicted octanol–water partition coefficient (Wildman–Crippen LogP) is 11.9. The van der Waals surface area contributed by atoms with Gasteiger partial charge in [0.1, 0.15) is 19.8 Å². The molecule has 0 saturated heterocycles. The summed E-state index contributed by atoms with van der Waals surface area (Å²) in [6.45, 7) is 4.24. The van der Waals surface area contributed by atoms with E-state index in [0.29, 0.717) is 17.4 Å². The zero-order valence-electron chi connectivity index (χ0n) is 35.2. The van der Waals surface area contributed by atoms with E-state index in [0.717, 1.165) is 51.4 Å². The molecule has 0 amide bonds. The molecule has 314 valence electrons. The van der Waals surface area contributed by atoms with Crippen molar-refractivity contribution in [1.29, 1.82) is 0 Å². The second-order valence-electron chi connectivity index (χ2n) is 15.4. The van der Waals surface area contributed by atoms with Gasteiger partial charge >= 0.3 is 19.8 Å². The zero-order valence-corrected chi connectivity index (χ0v) is 36.1. The van der Waals surface area contributed by atoms with Gasteiger partial charge < -0.3 is 18.9 Å². The average Bonchev–Trinajstić information content (AvgIpc) is 3.12. The molecule has 2 atom stereocenters. The molecule has 0 rings (SSSR count). The number of phosphoric ester groups is 1. The molecule has 0 saturated carbocycles. The van der Waals surface area contributed by atoms with Crippen molar-refractivity contribution in [1.82, 2.24) is 0 Å². The van der Waals surface area contributed by atoms with Crippen molar-refractivity contribution < 1.29 is 42.1 Å². The normalized spacial score (nSPS) is 14.1. The van der Waals surface area contributed by atoms with E-state index < -0.39 is 32.5 Å². The second-order valence-corrected chi connectivity index (χ2v) is 16.9. The number of likely N-dealkylation sites (N-methyl/N-ethyl adjacent to an activating group) is 1. The lowest BCUT2D eigenvalue weighted by Crippen LogP contribution is -2.37. The summed E-state index contributed by atoms with van der Waals surface area (Å²) in [5, 5.41) is 0. The number of rotatable bonds is 38. The summed E-state index contributed by atoms with van der Waals surface area (Å²) in [5.41, 5.74) is 0. The van der Waals surface area contributed by atoms with Crippen LogP contribution in [0.4, 0.5) is 0 Å². The van der Waals surface area contributed by atoms with Gasteiger partial charge in [0.25, 0.3) is 0 Å². The lowest BCUT2D eigenvalue weighted by atomic mass is 10.1. The van der Waals surface area contributed by atoms with Gasteiger partial charge in [-0.2, -0.15) is 0 Å². The van der Waals surface area contributed by atoms with Crippen LogP contribution in [0.2, 0.25) is 0 Å². The largest absolute Gasteiger partial charge is 0.472 e. The molecule has 0 aromatic rings. The minimum absolute atomic E-state index is 0.0124. The number of nitrogens with zero attached hydrogens (tertiary/aromatic N) is 1. The molecule has 0 fully saturated rings. The molecule has 54 heavy (non-hydrogen) atoms. The molecular formula is C44H81NO8P+. The van der Waals surface area contributed by atoms with Crippen molar-refractivity contribution in [2.75, 3.05) is 47.5 Å². The van der Waals surface area contributed by atoms with Crippen molar-refractivity contribution >= 4 is 19.8 Å². The Kier molecular flexibility index (Phi) is 35.2. The van der Waals surface area contributed by atoms with Crippen molar-refractivity contribution in [3.63, 3.8) is 0 Å². The second kappa shape index (κ2) is 36.6. The number of quaternary nitrogens is 1. The molecule has 0 aromatic heterocycles. The van der Waals surface area contributed by atoms with Crippen molar-refractivity contribution in [2.24, 2.45) is 0 Å². The van der Waals surface area contributed by atoms with Gasteiger partial charge in [0.05, 0.1) is 27.7 Å². The van der Waals surface area contributed by atoms with Crippen molar-refractivity contribution in [3.8, 4) is 0 Å². The quantitative estimate of drug-likeness (QED) is 0.0125. The Hall–Kier alpha value is -2.03. The lowest BCUT2D eigenvalue weighted by Gasteiger charge is -2.24. The first kappa shape index (κ1) is 52.0. The molecule has 0 aliphatic rings. The number of unbranched alkanes of at least 4 members (excludes halogenated alkanes) is 19. The molecule has 0 bridgehead atoms. The van der Waals surface area contributed by atoms with Gasteiger partial charge in [-0.25, -0.2) is 9.36 Å². The first-order valence-corrected chi connectivity index (χ1v) is 22.9. The standard InChI is InChI=1S/C44H80NO8P/c1-6-8-10-12-14-16-18-20-22-24-26-28-30-32-34-36-43(46)50-40-42(41-52-54(48,49)51-39-38-45(3,4)5)53-44(47)37-35-33-31-29-27-25-23-21-19-17-15-13-11-9-7-2/h14,16,20,22,31,33,35,37,42H,6-13,15,17-19,21,23-30,32,34,36,38-41H2,1-5H3/p+1/b16-14+,22-20+,33-31+,37-35+/t42-/m1/s1. The Bertz CT molecular complexity index is 1070. The molecule has 0 aliphatic carbocycles. The Balaban J connectivity index is 4.51. The van der Waals surface area contributed by atoms with Crippen LogP contribution in [0.25, 0.3) is 0 Å². The number of esters is 2. The molecule has 0 aromatic carbocycles. The van der Waals surface area contributed by atoms with Crippen LogP contribution in [-0.4, -0.2) is 74.9 Å². The van der Waals surface area contributed by atoms with Gasteiger partial charge in [-0.1, -0.05) is 153 Å². The van der Waals surface area contributed by atoms with Crippen LogP contribution in [0, 0.1) is 0 Å². The molecule has 10 heteroatoms. The molecule has 0 radical (unpaired) electrons. The van der Waals surface area contributed by atoms with E-state index in [1.54, 1.807) is 6.08 Å². The van der Waals surface area contributed by atoms with Crippen LogP contribution >= 0.6 is 7.82 Å². The number of allylic oxidation sites excluding steroid dienone is 7. The summed E-state index contributed by atoms with van der Waals surface area (Å²) < 4.78 is 34.0. The first-order chi connectivity index (χ1) is 26.0. The highest BCUT2D eigenvalue weighted by Gasteiger charge is 2.26. The summed E-state index contributed by atoms with van der Waals surface area (Å²) in [6, 6.07) is 0. The third kappa shape index (κ3) is 39.7. The number of carbonyl (C=O) groups is 2. The fourth-order valence-electron chi connectivity index (χ4n) is 5.54. The van der Waals surface area contributed by atoms with Gasteiger partial charge in [0, 0.05) is 12.5 Å². The van der Waals surface area contributed by atoms with E-state index in [4.69, 9.17) is 18.5 Å².